The first-order valence-corrected chi connectivity index (χ1v) is 9.37. The van der Waals surface area contributed by atoms with Gasteiger partial charge in [-0.3, -0.25) is 14.2 Å². The quantitative estimate of drug-likeness (QED) is 0.661. The molecule has 0 bridgehead atoms. The van der Waals surface area contributed by atoms with Crippen LogP contribution in [0.5, 0.6) is 0 Å². The van der Waals surface area contributed by atoms with Crippen LogP contribution >= 0.6 is 23.2 Å². The molecular formula is C19H21Cl2N5O. The van der Waals surface area contributed by atoms with Gasteiger partial charge in [0.05, 0.1) is 47.1 Å². The summed E-state index contributed by atoms with van der Waals surface area (Å²) in [5.41, 5.74) is 4.33. The zero-order valence-electron chi connectivity index (χ0n) is 15.5. The third-order valence-electron chi connectivity index (χ3n) is 4.46. The number of carbonyl (C=O) groups is 1. The topological polar surface area (TPSA) is 64.7 Å². The minimum atomic E-state index is -0.0884. The van der Waals surface area contributed by atoms with Crippen molar-refractivity contribution in [2.24, 2.45) is 0 Å². The van der Waals surface area contributed by atoms with Crippen molar-refractivity contribution < 1.29 is 4.79 Å². The number of aryl methyl sites for hydroxylation is 2. The summed E-state index contributed by atoms with van der Waals surface area (Å²) in [5, 5.41) is 13.0. The predicted molar refractivity (Wildman–Crippen MR) is 107 cm³/mol. The fraction of sp³-hybridized carbons (Fsp3) is 0.316. The highest BCUT2D eigenvalue weighted by Gasteiger charge is 2.15. The normalized spacial score (nSPS) is 11.0. The molecule has 3 aromatic rings. The molecule has 2 heterocycles. The van der Waals surface area contributed by atoms with E-state index in [1.165, 1.54) is 0 Å². The summed E-state index contributed by atoms with van der Waals surface area (Å²) in [4.78, 5) is 12.4. The third kappa shape index (κ3) is 4.51. The number of nitrogens with zero attached hydrogens (tertiary/aromatic N) is 4. The monoisotopic (exact) mass is 405 g/mol. The highest BCUT2D eigenvalue weighted by molar-refractivity contribution is 6.31. The Balaban J connectivity index is 1.67. The molecule has 3 rings (SSSR count). The molecule has 27 heavy (non-hydrogen) atoms. The van der Waals surface area contributed by atoms with Gasteiger partial charge in [0.15, 0.2) is 0 Å². The molecule has 0 spiro atoms. The molecule has 1 amide bonds. The maximum absolute atomic E-state index is 12.4. The number of hydrogen-bond donors (Lipinski definition) is 1. The van der Waals surface area contributed by atoms with E-state index in [2.05, 4.69) is 15.5 Å². The number of rotatable bonds is 6. The van der Waals surface area contributed by atoms with Crippen LogP contribution in [0, 0.1) is 20.8 Å². The van der Waals surface area contributed by atoms with Crippen LogP contribution in [0.25, 0.3) is 0 Å². The van der Waals surface area contributed by atoms with Gasteiger partial charge in [-0.1, -0.05) is 35.3 Å². The highest BCUT2D eigenvalue weighted by Crippen LogP contribution is 2.22. The van der Waals surface area contributed by atoms with E-state index >= 15 is 0 Å². The van der Waals surface area contributed by atoms with Crippen LogP contribution in [0.2, 0.25) is 10.0 Å². The Hall–Kier alpha value is -2.31. The van der Waals surface area contributed by atoms with E-state index in [1.807, 2.05) is 49.7 Å². The van der Waals surface area contributed by atoms with Gasteiger partial charge in [-0.25, -0.2) is 0 Å². The zero-order chi connectivity index (χ0) is 19.6. The molecule has 0 radical (unpaired) electrons. The highest BCUT2D eigenvalue weighted by atomic mass is 35.5. The summed E-state index contributed by atoms with van der Waals surface area (Å²) < 4.78 is 3.60. The lowest BCUT2D eigenvalue weighted by Gasteiger charge is -2.08. The Morgan fingerprint density at radius 3 is 2.59 bits per heavy atom. The van der Waals surface area contributed by atoms with Crippen LogP contribution in [0.4, 0.5) is 5.69 Å². The summed E-state index contributed by atoms with van der Waals surface area (Å²) >= 11 is 12.0. The molecule has 0 saturated heterocycles. The van der Waals surface area contributed by atoms with Crippen LogP contribution < -0.4 is 5.32 Å². The van der Waals surface area contributed by atoms with E-state index < -0.39 is 0 Å². The molecular weight excluding hydrogens is 385 g/mol. The number of nitrogens with one attached hydrogen (secondary N) is 1. The van der Waals surface area contributed by atoms with Gasteiger partial charge in [0, 0.05) is 11.4 Å². The number of anilines is 1. The Morgan fingerprint density at radius 2 is 1.93 bits per heavy atom. The van der Waals surface area contributed by atoms with Crippen LogP contribution in [-0.2, 0) is 17.9 Å². The van der Waals surface area contributed by atoms with E-state index in [0.29, 0.717) is 29.6 Å². The smallest absolute Gasteiger partial charge is 0.226 e. The largest absolute Gasteiger partial charge is 0.323 e. The lowest BCUT2D eigenvalue weighted by atomic mass is 10.2. The Morgan fingerprint density at radius 1 is 1.15 bits per heavy atom. The van der Waals surface area contributed by atoms with Crippen molar-refractivity contribution in [3.8, 4) is 0 Å². The van der Waals surface area contributed by atoms with Crippen molar-refractivity contribution in [1.82, 2.24) is 19.6 Å². The minimum absolute atomic E-state index is 0.0884. The lowest BCUT2D eigenvalue weighted by Crippen LogP contribution is -2.16. The van der Waals surface area contributed by atoms with Crippen molar-refractivity contribution in [1.29, 1.82) is 0 Å². The summed E-state index contributed by atoms with van der Waals surface area (Å²) in [6, 6.07) is 7.66. The molecule has 1 N–H and O–H groups in total. The van der Waals surface area contributed by atoms with Crippen molar-refractivity contribution in [3.63, 3.8) is 0 Å². The first-order chi connectivity index (χ1) is 12.8. The maximum Gasteiger partial charge on any atom is 0.226 e. The summed E-state index contributed by atoms with van der Waals surface area (Å²) in [7, 11) is 0. The molecule has 142 valence electrons. The Labute approximate surface area is 168 Å². The van der Waals surface area contributed by atoms with Gasteiger partial charge in [0.1, 0.15) is 0 Å². The fourth-order valence-corrected chi connectivity index (χ4v) is 3.25. The van der Waals surface area contributed by atoms with Gasteiger partial charge in [0.25, 0.3) is 0 Å². The number of hydrogen-bond acceptors (Lipinski definition) is 3. The molecule has 0 atom stereocenters. The van der Waals surface area contributed by atoms with Crippen LogP contribution in [0.3, 0.4) is 0 Å². The van der Waals surface area contributed by atoms with Gasteiger partial charge < -0.3 is 5.32 Å². The SMILES string of the molecule is Cc1nn(Cc2cccc(Cl)c2)c(C)c1NC(=O)CCn1ncc(Cl)c1C. The molecule has 2 aromatic heterocycles. The van der Waals surface area contributed by atoms with Crippen molar-refractivity contribution in [2.75, 3.05) is 5.32 Å². The van der Waals surface area contributed by atoms with Crippen molar-refractivity contribution in [2.45, 2.75) is 40.3 Å². The third-order valence-corrected chi connectivity index (χ3v) is 5.07. The van der Waals surface area contributed by atoms with E-state index in [0.717, 1.165) is 28.3 Å². The van der Waals surface area contributed by atoms with Gasteiger partial charge in [-0.2, -0.15) is 10.2 Å². The standard InChI is InChI=1S/C19H21Cl2N5O/c1-12-19(23-18(27)7-8-25-13(2)17(21)10-22-25)14(3)26(24-12)11-15-5-4-6-16(20)9-15/h4-6,9-10H,7-8,11H2,1-3H3,(H,23,27). The molecule has 6 nitrogen and oxygen atoms in total. The number of benzene rings is 1. The number of amides is 1. The second kappa shape index (κ2) is 8.15. The van der Waals surface area contributed by atoms with E-state index in [9.17, 15) is 4.79 Å². The van der Waals surface area contributed by atoms with Crippen LogP contribution in [-0.4, -0.2) is 25.5 Å². The van der Waals surface area contributed by atoms with Crippen molar-refractivity contribution in [3.05, 3.63) is 63.2 Å². The van der Waals surface area contributed by atoms with Gasteiger partial charge in [0.2, 0.25) is 5.91 Å². The average molecular weight is 406 g/mol. The number of halogens is 2. The molecule has 1 aromatic carbocycles. The zero-order valence-corrected chi connectivity index (χ0v) is 17.0. The van der Waals surface area contributed by atoms with Gasteiger partial charge in [-0.15, -0.1) is 0 Å². The number of carbonyl (C=O) groups excluding carboxylic acids is 1. The molecule has 8 heteroatoms. The lowest BCUT2D eigenvalue weighted by molar-refractivity contribution is -0.116. The molecule has 0 aliphatic heterocycles. The fourth-order valence-electron chi connectivity index (χ4n) is 2.90. The van der Waals surface area contributed by atoms with Gasteiger partial charge in [-0.05, 0) is 38.5 Å². The molecule has 0 aliphatic rings. The van der Waals surface area contributed by atoms with Crippen LogP contribution in [0.1, 0.15) is 29.1 Å². The first kappa shape index (κ1) is 19.5. The average Bonchev–Trinajstić information content (AvgIpc) is 3.07. The molecule has 0 saturated carbocycles. The Bertz CT molecular complexity index is 977. The Kier molecular flexibility index (Phi) is 5.87. The van der Waals surface area contributed by atoms with E-state index in [4.69, 9.17) is 23.2 Å². The summed E-state index contributed by atoms with van der Waals surface area (Å²) in [6.45, 7) is 6.76. The summed E-state index contributed by atoms with van der Waals surface area (Å²) in [5.74, 6) is -0.0884. The van der Waals surface area contributed by atoms with E-state index in [-0.39, 0.29) is 5.91 Å². The second-order valence-electron chi connectivity index (χ2n) is 6.43. The minimum Gasteiger partial charge on any atom is -0.323 e. The molecule has 0 unspecified atom stereocenters. The second-order valence-corrected chi connectivity index (χ2v) is 7.28. The van der Waals surface area contributed by atoms with Crippen LogP contribution in [0.15, 0.2) is 30.5 Å². The summed E-state index contributed by atoms with van der Waals surface area (Å²) in [6.07, 6.45) is 1.89. The maximum atomic E-state index is 12.4. The first-order valence-electron chi connectivity index (χ1n) is 8.61. The molecule has 0 fully saturated rings. The molecule has 0 aliphatic carbocycles. The van der Waals surface area contributed by atoms with Crippen molar-refractivity contribution >= 4 is 34.8 Å². The number of aromatic nitrogens is 4. The van der Waals surface area contributed by atoms with E-state index in [1.54, 1.807) is 10.9 Å². The van der Waals surface area contributed by atoms with Gasteiger partial charge >= 0.3 is 0 Å². The predicted octanol–water partition coefficient (Wildman–Crippen LogP) is 4.39.